The Kier molecular flexibility index (Phi) is 5.93. The van der Waals surface area contributed by atoms with Crippen LogP contribution in [0.5, 0.6) is 5.75 Å². The molecule has 0 aliphatic carbocycles. The quantitative estimate of drug-likeness (QED) is 0.717. The minimum absolute atomic E-state index is 0.107. The van der Waals surface area contributed by atoms with Crippen LogP contribution < -0.4 is 15.0 Å². The number of pyridine rings is 1. The Morgan fingerprint density at radius 2 is 2.23 bits per heavy atom. The number of hydrogen-bond acceptors (Lipinski definition) is 6. The average molecular weight is 465 g/mol. The maximum Gasteiger partial charge on any atom is 0.224 e. The number of aromatic nitrogens is 1. The van der Waals surface area contributed by atoms with Crippen LogP contribution in [0.4, 0.5) is 15.9 Å². The normalized spacial score (nSPS) is 23.0. The number of anilines is 2. The largest absolute Gasteiger partial charge is 0.490 e. The zero-order valence-corrected chi connectivity index (χ0v) is 17.9. The van der Waals surface area contributed by atoms with Crippen LogP contribution in [0.3, 0.4) is 0 Å². The second kappa shape index (κ2) is 8.50. The highest BCUT2D eigenvalue weighted by Gasteiger charge is 2.43. The predicted octanol–water partition coefficient (Wildman–Crippen LogP) is 3.57. The van der Waals surface area contributed by atoms with Gasteiger partial charge in [0.2, 0.25) is 5.91 Å². The summed E-state index contributed by atoms with van der Waals surface area (Å²) in [6.07, 6.45) is 2.28. The molecule has 2 N–H and O–H groups in total. The monoisotopic (exact) mass is 464 g/mol. The fourth-order valence-corrected chi connectivity index (χ4v) is 4.41. The van der Waals surface area contributed by atoms with Crippen LogP contribution in [-0.4, -0.2) is 41.3 Å². The van der Waals surface area contributed by atoms with Crippen LogP contribution >= 0.6 is 23.2 Å². The van der Waals surface area contributed by atoms with E-state index < -0.39 is 17.3 Å². The number of nitrogens with one attached hydrogen (secondary N) is 1. The number of nitriles is 1. The van der Waals surface area contributed by atoms with Gasteiger partial charge in [-0.1, -0.05) is 23.2 Å². The van der Waals surface area contributed by atoms with Gasteiger partial charge in [0.1, 0.15) is 29.6 Å². The summed E-state index contributed by atoms with van der Waals surface area (Å²) in [7, 11) is 0. The SMILES string of the molecule is N#C[C@H]1CN(c2ncc(Cl)cc2Cl)CC[C@@]1(O)COc1ccc(F)c2c1CCC(=O)N2. The molecule has 0 unspecified atom stereocenters. The van der Waals surface area contributed by atoms with Gasteiger partial charge in [-0.15, -0.1) is 0 Å². The van der Waals surface area contributed by atoms with E-state index in [2.05, 4.69) is 16.4 Å². The van der Waals surface area contributed by atoms with Crippen molar-refractivity contribution in [2.24, 2.45) is 5.92 Å². The molecule has 2 aliphatic rings. The Morgan fingerprint density at radius 1 is 1.42 bits per heavy atom. The van der Waals surface area contributed by atoms with Crippen molar-refractivity contribution < 1.29 is 19.0 Å². The number of aliphatic hydroxyl groups is 1. The third kappa shape index (κ3) is 4.26. The third-order valence-electron chi connectivity index (χ3n) is 5.67. The first-order valence-electron chi connectivity index (χ1n) is 9.73. The van der Waals surface area contributed by atoms with Gasteiger partial charge >= 0.3 is 0 Å². The molecule has 1 aromatic carbocycles. The molecule has 2 aromatic rings. The van der Waals surface area contributed by atoms with Gasteiger partial charge in [0.05, 0.1) is 27.7 Å². The van der Waals surface area contributed by atoms with Crippen LogP contribution in [0, 0.1) is 23.1 Å². The summed E-state index contributed by atoms with van der Waals surface area (Å²) in [5, 5.41) is 24.2. The summed E-state index contributed by atoms with van der Waals surface area (Å²) >= 11 is 12.1. The number of hydrogen-bond donors (Lipinski definition) is 2. The highest BCUT2D eigenvalue weighted by Crippen LogP contribution is 2.37. The molecule has 10 heteroatoms. The smallest absolute Gasteiger partial charge is 0.224 e. The Hall–Kier alpha value is -2.60. The molecule has 4 rings (SSSR count). The molecule has 162 valence electrons. The van der Waals surface area contributed by atoms with Crippen molar-refractivity contribution in [1.29, 1.82) is 5.26 Å². The van der Waals surface area contributed by atoms with Gasteiger partial charge in [0.25, 0.3) is 0 Å². The van der Waals surface area contributed by atoms with E-state index in [1.807, 2.05) is 4.90 Å². The van der Waals surface area contributed by atoms with Crippen LogP contribution in [0.2, 0.25) is 10.0 Å². The minimum Gasteiger partial charge on any atom is -0.490 e. The van der Waals surface area contributed by atoms with Crippen molar-refractivity contribution in [1.82, 2.24) is 4.98 Å². The molecule has 2 aliphatic heterocycles. The summed E-state index contributed by atoms with van der Waals surface area (Å²) in [5.74, 6) is -0.687. The highest BCUT2D eigenvalue weighted by atomic mass is 35.5. The van der Waals surface area contributed by atoms with Crippen molar-refractivity contribution >= 4 is 40.6 Å². The molecule has 3 heterocycles. The minimum atomic E-state index is -1.41. The van der Waals surface area contributed by atoms with E-state index in [9.17, 15) is 19.6 Å². The summed E-state index contributed by atoms with van der Waals surface area (Å²) in [4.78, 5) is 17.7. The van der Waals surface area contributed by atoms with E-state index in [0.717, 1.165) is 0 Å². The number of fused-ring (bicyclic) bond motifs is 1. The Balaban J connectivity index is 1.50. The van der Waals surface area contributed by atoms with E-state index in [4.69, 9.17) is 27.9 Å². The second-order valence-corrected chi connectivity index (χ2v) is 8.52. The van der Waals surface area contributed by atoms with Crippen LogP contribution in [-0.2, 0) is 11.2 Å². The summed E-state index contributed by atoms with van der Waals surface area (Å²) in [6, 6.07) is 6.42. The second-order valence-electron chi connectivity index (χ2n) is 7.68. The maximum atomic E-state index is 14.1. The Labute approximate surface area is 188 Å². The van der Waals surface area contributed by atoms with E-state index in [0.29, 0.717) is 40.1 Å². The third-order valence-corrected chi connectivity index (χ3v) is 6.16. The zero-order chi connectivity index (χ0) is 22.2. The first-order valence-corrected chi connectivity index (χ1v) is 10.5. The number of benzene rings is 1. The standard InChI is InChI=1S/C21H19Cl2FN4O3/c22-13-7-15(23)20(26-9-13)28-6-5-21(30,12(8-25)10-28)11-31-17-3-2-16(24)19-14(17)1-4-18(29)27-19/h2-3,7,9,12,30H,1,4-6,10-11H2,(H,27,29)/t12-,21+/m0/s1. The molecule has 2 atom stereocenters. The number of rotatable bonds is 4. The van der Waals surface area contributed by atoms with Gasteiger partial charge in [-0.25, -0.2) is 9.37 Å². The van der Waals surface area contributed by atoms with Gasteiger partial charge in [-0.2, -0.15) is 5.26 Å². The fraction of sp³-hybridized carbons (Fsp3) is 0.381. The number of halogens is 3. The number of carbonyl (C=O) groups excluding carboxylic acids is 1. The van der Waals surface area contributed by atoms with Gasteiger partial charge in [0.15, 0.2) is 0 Å². The number of piperidine rings is 1. The van der Waals surface area contributed by atoms with Gasteiger partial charge in [-0.05, 0) is 31.0 Å². The molecule has 0 radical (unpaired) electrons. The lowest BCUT2D eigenvalue weighted by molar-refractivity contribution is -0.116. The average Bonchev–Trinajstić information content (AvgIpc) is 2.74. The molecule has 7 nitrogen and oxygen atoms in total. The zero-order valence-electron chi connectivity index (χ0n) is 16.4. The molecule has 1 saturated heterocycles. The molecule has 1 aromatic heterocycles. The predicted molar refractivity (Wildman–Crippen MR) is 114 cm³/mol. The molecule has 1 amide bonds. The number of ether oxygens (including phenoxy) is 1. The summed E-state index contributed by atoms with van der Waals surface area (Å²) in [6.45, 7) is 0.471. The van der Waals surface area contributed by atoms with Crippen LogP contribution in [0.15, 0.2) is 24.4 Å². The van der Waals surface area contributed by atoms with Crippen molar-refractivity contribution in [3.63, 3.8) is 0 Å². The molecule has 0 bridgehead atoms. The maximum absolute atomic E-state index is 14.1. The fourth-order valence-electron chi connectivity index (χ4n) is 3.91. The highest BCUT2D eigenvalue weighted by molar-refractivity contribution is 6.36. The first kappa shape index (κ1) is 21.6. The Bertz CT molecular complexity index is 1080. The number of amides is 1. The lowest BCUT2D eigenvalue weighted by atomic mass is 9.82. The molecule has 0 saturated carbocycles. The Morgan fingerprint density at radius 3 is 2.97 bits per heavy atom. The topological polar surface area (TPSA) is 98.5 Å². The van der Waals surface area contributed by atoms with Crippen molar-refractivity contribution in [2.75, 3.05) is 29.9 Å². The molecule has 31 heavy (non-hydrogen) atoms. The van der Waals surface area contributed by atoms with Gasteiger partial charge < -0.3 is 20.1 Å². The molecule has 0 spiro atoms. The molecular formula is C21H19Cl2FN4O3. The van der Waals surface area contributed by atoms with Crippen molar-refractivity contribution in [3.05, 3.63) is 45.8 Å². The van der Waals surface area contributed by atoms with E-state index >= 15 is 0 Å². The van der Waals surface area contributed by atoms with E-state index in [1.165, 1.54) is 18.3 Å². The summed E-state index contributed by atoms with van der Waals surface area (Å²) < 4.78 is 19.9. The molecular weight excluding hydrogens is 446 g/mol. The lowest BCUT2D eigenvalue weighted by Gasteiger charge is -2.42. The number of carbonyl (C=O) groups is 1. The van der Waals surface area contributed by atoms with E-state index in [1.54, 1.807) is 6.07 Å². The van der Waals surface area contributed by atoms with Gasteiger partial charge in [0, 0.05) is 31.3 Å². The van der Waals surface area contributed by atoms with E-state index in [-0.39, 0.29) is 37.6 Å². The lowest BCUT2D eigenvalue weighted by Crippen LogP contribution is -2.55. The van der Waals surface area contributed by atoms with Crippen LogP contribution in [0.1, 0.15) is 18.4 Å². The van der Waals surface area contributed by atoms with Gasteiger partial charge in [-0.3, -0.25) is 4.79 Å². The molecule has 1 fully saturated rings. The van der Waals surface area contributed by atoms with Crippen LogP contribution in [0.25, 0.3) is 0 Å². The van der Waals surface area contributed by atoms with Crippen molar-refractivity contribution in [2.45, 2.75) is 24.9 Å². The number of nitrogens with zero attached hydrogens (tertiary/aromatic N) is 3. The summed E-state index contributed by atoms with van der Waals surface area (Å²) in [5.41, 5.74) is -0.759. The van der Waals surface area contributed by atoms with Crippen molar-refractivity contribution in [3.8, 4) is 11.8 Å². The first-order chi connectivity index (χ1) is 14.8.